The average molecular weight is 470 g/mol. The van der Waals surface area contributed by atoms with Crippen LogP contribution in [-0.2, 0) is 19.7 Å². The fraction of sp³-hybridized carbons (Fsp3) is 0.462. The van der Waals surface area contributed by atoms with E-state index in [1.54, 1.807) is 32.2 Å². The Balaban J connectivity index is 1.66. The number of halogens is 1. The fourth-order valence-electron chi connectivity index (χ4n) is 4.97. The summed E-state index contributed by atoms with van der Waals surface area (Å²) in [5, 5.41) is 0. The number of methoxy groups -OCH3 is 1. The maximum Gasteiger partial charge on any atom is 0.246 e. The number of hydrogen-bond acceptors (Lipinski definition) is 5. The molecule has 0 radical (unpaired) electrons. The Bertz CT molecular complexity index is 1020. The lowest BCUT2D eigenvalue weighted by Crippen LogP contribution is -2.64. The lowest BCUT2D eigenvalue weighted by Gasteiger charge is -2.47. The van der Waals surface area contributed by atoms with Crippen molar-refractivity contribution in [3.63, 3.8) is 0 Å². The summed E-state index contributed by atoms with van der Waals surface area (Å²) in [5.74, 6) is 0.125. The van der Waals surface area contributed by atoms with Crippen LogP contribution in [0.1, 0.15) is 18.4 Å². The highest BCUT2D eigenvalue weighted by molar-refractivity contribution is 5.94. The molecule has 2 aliphatic rings. The SMILES string of the molecule is COc1ccc(N2CCN(C(=O)C3(c4cccc(F)c4)CCOCC3)[C@@H](C(=O)N(C)C)C2)cc1. The van der Waals surface area contributed by atoms with Gasteiger partial charge in [0.05, 0.1) is 12.5 Å². The minimum atomic E-state index is -0.909. The van der Waals surface area contributed by atoms with Gasteiger partial charge in [0.2, 0.25) is 11.8 Å². The van der Waals surface area contributed by atoms with Gasteiger partial charge in [0.1, 0.15) is 17.6 Å². The van der Waals surface area contributed by atoms with Crippen molar-refractivity contribution in [2.45, 2.75) is 24.3 Å². The molecule has 0 saturated carbocycles. The Hall–Kier alpha value is -3.13. The molecule has 0 aliphatic carbocycles. The maximum atomic E-state index is 14.2. The van der Waals surface area contributed by atoms with E-state index in [9.17, 15) is 14.0 Å². The first-order valence-electron chi connectivity index (χ1n) is 11.6. The van der Waals surface area contributed by atoms with Gasteiger partial charge in [-0.2, -0.15) is 0 Å². The Morgan fingerprint density at radius 1 is 1.09 bits per heavy atom. The first-order chi connectivity index (χ1) is 16.4. The normalized spacial score (nSPS) is 20.1. The van der Waals surface area contributed by atoms with Gasteiger partial charge in [-0.15, -0.1) is 0 Å². The highest BCUT2D eigenvalue weighted by atomic mass is 19.1. The molecule has 7 nitrogen and oxygen atoms in total. The predicted molar refractivity (Wildman–Crippen MR) is 128 cm³/mol. The number of ether oxygens (including phenoxy) is 2. The van der Waals surface area contributed by atoms with Crippen molar-refractivity contribution in [1.29, 1.82) is 0 Å². The molecule has 0 bridgehead atoms. The summed E-state index contributed by atoms with van der Waals surface area (Å²) in [4.78, 5) is 32.8. The second-order valence-corrected chi connectivity index (χ2v) is 9.10. The van der Waals surface area contributed by atoms with Crippen molar-refractivity contribution in [3.8, 4) is 5.75 Å². The molecule has 1 atom stereocenters. The number of amides is 2. The predicted octanol–water partition coefficient (Wildman–Crippen LogP) is 2.69. The molecule has 2 heterocycles. The number of carbonyl (C=O) groups excluding carboxylic acids is 2. The van der Waals surface area contributed by atoms with Gasteiger partial charge < -0.3 is 24.2 Å². The molecular formula is C26H32FN3O4. The van der Waals surface area contributed by atoms with Crippen LogP contribution in [0.3, 0.4) is 0 Å². The third-order valence-corrected chi connectivity index (χ3v) is 6.94. The molecule has 0 unspecified atom stereocenters. The van der Waals surface area contributed by atoms with E-state index < -0.39 is 11.5 Å². The minimum Gasteiger partial charge on any atom is -0.497 e. The van der Waals surface area contributed by atoms with Gasteiger partial charge in [-0.1, -0.05) is 12.1 Å². The number of piperazine rings is 1. The number of anilines is 1. The number of likely N-dealkylation sites (N-methyl/N-ethyl adjacent to an activating group) is 1. The Morgan fingerprint density at radius 3 is 2.41 bits per heavy atom. The first-order valence-corrected chi connectivity index (χ1v) is 11.6. The number of nitrogens with zero attached hydrogens (tertiary/aromatic N) is 3. The molecular weight excluding hydrogens is 437 g/mol. The smallest absolute Gasteiger partial charge is 0.246 e. The van der Waals surface area contributed by atoms with Crippen molar-refractivity contribution in [3.05, 3.63) is 59.9 Å². The van der Waals surface area contributed by atoms with Crippen LogP contribution in [-0.4, -0.2) is 81.7 Å². The fourth-order valence-corrected chi connectivity index (χ4v) is 4.97. The van der Waals surface area contributed by atoms with Crippen molar-refractivity contribution in [1.82, 2.24) is 9.80 Å². The summed E-state index contributed by atoms with van der Waals surface area (Å²) in [6.45, 7) is 2.20. The molecule has 34 heavy (non-hydrogen) atoms. The number of hydrogen-bond donors (Lipinski definition) is 0. The zero-order valence-corrected chi connectivity index (χ0v) is 20.0. The van der Waals surface area contributed by atoms with Crippen LogP contribution in [0.4, 0.5) is 10.1 Å². The highest BCUT2D eigenvalue weighted by Gasteiger charge is 2.48. The van der Waals surface area contributed by atoms with E-state index in [1.165, 1.54) is 17.0 Å². The van der Waals surface area contributed by atoms with Crippen LogP contribution in [0.2, 0.25) is 0 Å². The first kappa shape index (κ1) is 24.0. The van der Waals surface area contributed by atoms with Crippen LogP contribution in [0, 0.1) is 5.82 Å². The highest BCUT2D eigenvalue weighted by Crippen LogP contribution is 2.38. The van der Waals surface area contributed by atoms with Crippen LogP contribution >= 0.6 is 0 Å². The van der Waals surface area contributed by atoms with Crippen molar-refractivity contribution < 1.29 is 23.5 Å². The summed E-state index contributed by atoms with van der Waals surface area (Å²) in [7, 11) is 5.03. The van der Waals surface area contributed by atoms with E-state index in [2.05, 4.69) is 4.90 Å². The molecule has 2 aromatic rings. The van der Waals surface area contributed by atoms with Crippen molar-refractivity contribution >= 4 is 17.5 Å². The second kappa shape index (κ2) is 10.0. The van der Waals surface area contributed by atoms with Gasteiger partial charge >= 0.3 is 0 Å². The van der Waals surface area contributed by atoms with Crippen LogP contribution in [0.5, 0.6) is 5.75 Å². The quantitative estimate of drug-likeness (QED) is 0.674. The van der Waals surface area contributed by atoms with Crippen LogP contribution < -0.4 is 9.64 Å². The van der Waals surface area contributed by atoms with Gasteiger partial charge in [-0.05, 0) is 54.8 Å². The lowest BCUT2D eigenvalue weighted by molar-refractivity contribution is -0.151. The van der Waals surface area contributed by atoms with Gasteiger partial charge in [-0.3, -0.25) is 9.59 Å². The molecule has 0 N–H and O–H groups in total. The van der Waals surface area contributed by atoms with Gasteiger partial charge in [0, 0.05) is 52.6 Å². The zero-order chi connectivity index (χ0) is 24.3. The standard InChI is InChI=1S/C26H32FN3O4/c1-28(2)24(31)23-18-29(21-7-9-22(33-3)10-8-21)13-14-30(23)25(32)26(11-15-34-16-12-26)19-5-4-6-20(27)17-19/h4-10,17,23H,11-16,18H2,1-3H3/t23-/m1/s1. The number of carbonyl (C=O) groups is 2. The summed E-state index contributed by atoms with van der Waals surface area (Å²) in [5.41, 5.74) is 0.706. The van der Waals surface area contributed by atoms with Gasteiger partial charge in [0.25, 0.3) is 0 Å². The van der Waals surface area contributed by atoms with Crippen LogP contribution in [0.25, 0.3) is 0 Å². The Morgan fingerprint density at radius 2 is 1.79 bits per heavy atom. The Kier molecular flexibility index (Phi) is 7.07. The van der Waals surface area contributed by atoms with E-state index in [0.717, 1.165) is 11.4 Å². The summed E-state index contributed by atoms with van der Waals surface area (Å²) < 4.78 is 25.0. The molecule has 8 heteroatoms. The van der Waals surface area contributed by atoms with Gasteiger partial charge in [-0.25, -0.2) is 4.39 Å². The molecule has 2 saturated heterocycles. The Labute approximate surface area is 200 Å². The van der Waals surface area contributed by atoms with E-state index in [-0.39, 0.29) is 17.6 Å². The monoisotopic (exact) mass is 469 g/mol. The maximum absolute atomic E-state index is 14.2. The molecule has 2 amide bonds. The lowest BCUT2D eigenvalue weighted by atomic mass is 9.72. The molecule has 4 rings (SSSR count). The molecule has 2 aromatic carbocycles. The molecule has 2 aliphatic heterocycles. The van der Waals surface area contributed by atoms with E-state index in [1.807, 2.05) is 30.3 Å². The van der Waals surface area contributed by atoms with E-state index in [0.29, 0.717) is 51.3 Å². The van der Waals surface area contributed by atoms with E-state index >= 15 is 0 Å². The van der Waals surface area contributed by atoms with Gasteiger partial charge in [0.15, 0.2) is 0 Å². The molecule has 182 valence electrons. The van der Waals surface area contributed by atoms with Crippen molar-refractivity contribution in [2.24, 2.45) is 0 Å². The molecule has 0 aromatic heterocycles. The summed E-state index contributed by atoms with van der Waals surface area (Å²) in [6, 6.07) is 13.3. The number of rotatable bonds is 5. The van der Waals surface area contributed by atoms with Crippen molar-refractivity contribution in [2.75, 3.05) is 59.0 Å². The zero-order valence-electron chi connectivity index (χ0n) is 20.0. The second-order valence-electron chi connectivity index (χ2n) is 9.10. The largest absolute Gasteiger partial charge is 0.497 e. The number of benzene rings is 2. The summed E-state index contributed by atoms with van der Waals surface area (Å²) >= 11 is 0. The summed E-state index contributed by atoms with van der Waals surface area (Å²) in [6.07, 6.45) is 0.910. The molecule has 0 spiro atoms. The minimum absolute atomic E-state index is 0.129. The average Bonchev–Trinajstić information content (AvgIpc) is 2.88. The van der Waals surface area contributed by atoms with Crippen LogP contribution in [0.15, 0.2) is 48.5 Å². The molecule has 2 fully saturated rings. The third-order valence-electron chi connectivity index (χ3n) is 6.94. The topological polar surface area (TPSA) is 62.3 Å². The third kappa shape index (κ3) is 4.59. The van der Waals surface area contributed by atoms with E-state index in [4.69, 9.17) is 9.47 Å².